The summed E-state index contributed by atoms with van der Waals surface area (Å²) < 4.78 is -0.312. The van der Waals surface area contributed by atoms with Gasteiger partial charge in [-0.2, -0.15) is 12.6 Å². The van der Waals surface area contributed by atoms with E-state index in [-0.39, 0.29) is 4.75 Å². The summed E-state index contributed by atoms with van der Waals surface area (Å²) in [5, 5.41) is 9.28. The zero-order valence-corrected chi connectivity index (χ0v) is 17.5. The molecule has 1 rings (SSSR count). The summed E-state index contributed by atoms with van der Waals surface area (Å²) in [5.41, 5.74) is 1.67. The quantitative estimate of drug-likeness (QED) is 0.554. The van der Waals surface area contributed by atoms with Crippen LogP contribution in [0.3, 0.4) is 0 Å². The van der Waals surface area contributed by atoms with Gasteiger partial charge in [0.2, 0.25) is 0 Å². The molecule has 0 saturated heterocycles. The maximum atomic E-state index is 9.28. The van der Waals surface area contributed by atoms with Gasteiger partial charge in [0, 0.05) is 17.1 Å². The summed E-state index contributed by atoms with van der Waals surface area (Å²) in [4.78, 5) is 3.89. The summed E-state index contributed by atoms with van der Waals surface area (Å²) in [6, 6.07) is 4.06. The smallest absolute Gasteiger partial charge is 0.107 e. The molecule has 24 heavy (non-hydrogen) atoms. The Morgan fingerprint density at radius 1 is 1.17 bits per heavy atom. The average molecular weight is 349 g/mol. The van der Waals surface area contributed by atoms with Gasteiger partial charge in [0.05, 0.1) is 5.60 Å². The monoisotopic (exact) mass is 349 g/mol. The predicted octanol–water partition coefficient (Wildman–Crippen LogP) is 5.36. The summed E-state index contributed by atoms with van der Waals surface area (Å²) in [7, 11) is 5.52. The van der Waals surface area contributed by atoms with Crippen LogP contribution >= 0.6 is 12.6 Å². The first-order valence-electron chi connectivity index (χ1n) is 8.77. The first kappa shape index (κ1) is 25.5. The minimum Gasteiger partial charge on any atom is -0.389 e. The molecule has 2 radical (unpaired) electrons. The number of aliphatic hydroxyl groups is 1. The summed E-state index contributed by atoms with van der Waals surface area (Å²) in [5.74, 6) is 0. The molecule has 0 unspecified atom stereocenters. The fourth-order valence-corrected chi connectivity index (χ4v) is 1.09. The molecule has 1 N–H and O–H groups in total. The van der Waals surface area contributed by atoms with E-state index in [4.69, 9.17) is 7.85 Å². The Morgan fingerprint density at radius 2 is 1.62 bits per heavy atom. The van der Waals surface area contributed by atoms with E-state index in [0.29, 0.717) is 0 Å². The van der Waals surface area contributed by atoms with E-state index in [1.165, 1.54) is 12.0 Å². The van der Waals surface area contributed by atoms with Crippen molar-refractivity contribution in [3.8, 4) is 0 Å². The Labute approximate surface area is 157 Å². The van der Waals surface area contributed by atoms with Gasteiger partial charge in [-0.1, -0.05) is 33.3 Å². The van der Waals surface area contributed by atoms with Gasteiger partial charge >= 0.3 is 0 Å². The minimum atomic E-state index is -0.698. The van der Waals surface area contributed by atoms with Crippen molar-refractivity contribution in [3.63, 3.8) is 0 Å². The molecule has 0 aliphatic carbocycles. The van der Waals surface area contributed by atoms with Crippen molar-refractivity contribution in [1.29, 1.82) is 0 Å². The highest BCUT2D eigenvalue weighted by Crippen LogP contribution is 2.26. The minimum absolute atomic E-state index is 0.312. The number of allylic oxidation sites excluding steroid dienone is 2. The molecule has 0 bridgehead atoms. The molecule has 0 aliphatic heterocycles. The van der Waals surface area contributed by atoms with Crippen molar-refractivity contribution in [2.75, 3.05) is 0 Å². The number of rotatable bonds is 5. The van der Waals surface area contributed by atoms with Crippen LogP contribution in [0.5, 0.6) is 0 Å². The zero-order chi connectivity index (χ0) is 19.2. The van der Waals surface area contributed by atoms with E-state index in [2.05, 4.69) is 44.5 Å². The molecule has 0 aromatic carbocycles. The lowest BCUT2D eigenvalue weighted by Crippen LogP contribution is -2.40. The first-order chi connectivity index (χ1) is 11.0. The van der Waals surface area contributed by atoms with Gasteiger partial charge in [-0.3, -0.25) is 4.98 Å². The number of hydrogen-bond donors (Lipinski definition) is 2. The van der Waals surface area contributed by atoms with E-state index >= 15 is 0 Å². The van der Waals surface area contributed by atoms with E-state index in [0.717, 1.165) is 24.7 Å². The Hall–Kier alpha value is -0.735. The molecular weight excluding hydrogens is 313 g/mol. The molecule has 136 valence electrons. The number of hydrogen-bond acceptors (Lipinski definition) is 3. The molecule has 1 heterocycles. The average Bonchev–Trinajstić information content (AvgIpc) is 2.52. The van der Waals surface area contributed by atoms with Crippen LogP contribution in [0.4, 0.5) is 0 Å². The van der Waals surface area contributed by atoms with Gasteiger partial charge < -0.3 is 5.11 Å². The third kappa shape index (κ3) is 14.8. The molecule has 0 aliphatic rings. The predicted molar refractivity (Wildman–Crippen MR) is 112 cm³/mol. The summed E-state index contributed by atoms with van der Waals surface area (Å²) in [6.07, 6.45) is 10.1. The van der Waals surface area contributed by atoms with Crippen molar-refractivity contribution in [3.05, 3.63) is 41.6 Å². The van der Waals surface area contributed by atoms with Crippen LogP contribution in [-0.2, 0) is 6.42 Å². The van der Waals surface area contributed by atoms with Gasteiger partial charge in [0.1, 0.15) is 7.85 Å². The van der Waals surface area contributed by atoms with E-state index in [1.807, 2.05) is 38.4 Å². The lowest BCUT2D eigenvalue weighted by atomic mass is 9.92. The second-order valence-corrected chi connectivity index (χ2v) is 7.87. The lowest BCUT2D eigenvalue weighted by molar-refractivity contribution is 0.0500. The second-order valence-electron chi connectivity index (χ2n) is 6.75. The topological polar surface area (TPSA) is 33.1 Å². The van der Waals surface area contributed by atoms with Crippen LogP contribution < -0.4 is 0 Å². The van der Waals surface area contributed by atoms with E-state index in [1.54, 1.807) is 13.8 Å². The maximum absolute atomic E-state index is 9.28. The summed E-state index contributed by atoms with van der Waals surface area (Å²) in [6.45, 7) is 13.6. The molecule has 0 amide bonds. The SMILES string of the molecule is CC(C)(O)C(C)(C)S.CCc1ccncc1.[B]/C(=C/CCC)CC. The summed E-state index contributed by atoms with van der Waals surface area (Å²) >= 11 is 4.19. The fourth-order valence-electron chi connectivity index (χ4n) is 1.09. The standard InChI is InChI=1S/C7H13B.C7H9N.C6H14OS/c1-3-5-6-7(8)4-2;1-2-7-3-5-8-6-4-7;1-5(2,7)6(3,4)8/h6H,3-5H2,1-2H3;3-6H,2H2,1H3;7-8H,1-4H3/b7-6+;;. The Kier molecular flexibility index (Phi) is 14.4. The fraction of sp³-hybridized carbons (Fsp3) is 0.650. The molecule has 1 aromatic heterocycles. The van der Waals surface area contributed by atoms with Crippen LogP contribution in [0.25, 0.3) is 0 Å². The van der Waals surface area contributed by atoms with Crippen LogP contribution in [0.2, 0.25) is 0 Å². The zero-order valence-electron chi connectivity index (χ0n) is 16.6. The first-order valence-corrected chi connectivity index (χ1v) is 9.22. The Bertz CT molecular complexity index is 421. The molecule has 0 saturated carbocycles. The number of aromatic nitrogens is 1. The van der Waals surface area contributed by atoms with Crippen molar-refractivity contribution in [2.24, 2.45) is 0 Å². The molecule has 0 spiro atoms. The molecule has 4 heteroatoms. The molecule has 0 fully saturated rings. The van der Waals surface area contributed by atoms with Crippen LogP contribution in [0, 0.1) is 0 Å². The second kappa shape index (κ2) is 13.5. The van der Waals surface area contributed by atoms with Crippen molar-refractivity contribution in [1.82, 2.24) is 4.98 Å². The van der Waals surface area contributed by atoms with Crippen LogP contribution in [0.15, 0.2) is 36.1 Å². The highest BCUT2D eigenvalue weighted by atomic mass is 32.1. The lowest BCUT2D eigenvalue weighted by Gasteiger charge is -2.32. The van der Waals surface area contributed by atoms with Crippen molar-refractivity contribution >= 4 is 20.5 Å². The van der Waals surface area contributed by atoms with Gasteiger partial charge in [-0.25, -0.2) is 0 Å². The van der Waals surface area contributed by atoms with Gasteiger partial charge in [-0.15, -0.1) is 5.47 Å². The Balaban J connectivity index is 0. The van der Waals surface area contributed by atoms with Gasteiger partial charge in [0.15, 0.2) is 0 Å². The van der Waals surface area contributed by atoms with Crippen LogP contribution in [-0.4, -0.2) is 28.3 Å². The van der Waals surface area contributed by atoms with Gasteiger partial charge in [-0.05, 0) is 64.7 Å². The highest BCUT2D eigenvalue weighted by molar-refractivity contribution is 7.81. The molecule has 2 nitrogen and oxygen atoms in total. The van der Waals surface area contributed by atoms with Crippen LogP contribution in [0.1, 0.15) is 73.3 Å². The van der Waals surface area contributed by atoms with E-state index < -0.39 is 5.60 Å². The molecule has 1 aromatic rings. The normalized spacial score (nSPS) is 11.8. The maximum Gasteiger partial charge on any atom is 0.107 e. The van der Waals surface area contributed by atoms with E-state index in [9.17, 15) is 5.11 Å². The number of pyridine rings is 1. The largest absolute Gasteiger partial charge is 0.389 e. The number of unbranched alkanes of at least 4 members (excludes halogenated alkanes) is 1. The number of nitrogens with zero attached hydrogens (tertiary/aromatic N) is 1. The third-order valence-corrected chi connectivity index (χ3v) is 4.31. The third-order valence-electron chi connectivity index (χ3n) is 3.76. The Morgan fingerprint density at radius 3 is 1.88 bits per heavy atom. The van der Waals surface area contributed by atoms with Crippen molar-refractivity contribution < 1.29 is 5.11 Å². The number of aryl methyl sites for hydroxylation is 1. The molecule has 0 atom stereocenters. The highest BCUT2D eigenvalue weighted by Gasteiger charge is 2.30. The van der Waals surface area contributed by atoms with Gasteiger partial charge in [0.25, 0.3) is 0 Å². The number of thiol groups is 1. The molecular formula is C20H36BNOS. The van der Waals surface area contributed by atoms with Crippen molar-refractivity contribution in [2.45, 2.75) is 84.5 Å².